The average Bonchev–Trinajstić information content (AvgIpc) is 2.56. The summed E-state index contributed by atoms with van der Waals surface area (Å²) in [5.74, 6) is 1.11. The summed E-state index contributed by atoms with van der Waals surface area (Å²) in [6, 6.07) is 8.26. The Morgan fingerprint density at radius 1 is 1.42 bits per heavy atom. The summed E-state index contributed by atoms with van der Waals surface area (Å²) in [5.41, 5.74) is 7.13. The Morgan fingerprint density at radius 3 is 2.79 bits per heavy atom. The number of ether oxygens (including phenoxy) is 1. The zero-order valence-electron chi connectivity index (χ0n) is 14.7. The summed E-state index contributed by atoms with van der Waals surface area (Å²) in [6.45, 7) is 6.53. The van der Waals surface area contributed by atoms with Gasteiger partial charge in [0.2, 0.25) is 0 Å². The van der Waals surface area contributed by atoms with Crippen LogP contribution in [0.4, 0.5) is 0 Å². The number of rotatable bonds is 7. The van der Waals surface area contributed by atoms with Gasteiger partial charge in [-0.1, -0.05) is 29.8 Å². The fourth-order valence-corrected chi connectivity index (χ4v) is 3.21. The molecule has 5 nitrogen and oxygen atoms in total. The lowest BCUT2D eigenvalue weighted by Crippen LogP contribution is -2.41. The quantitative estimate of drug-likeness (QED) is 0.584. The van der Waals surface area contributed by atoms with Crippen molar-refractivity contribution in [3.05, 3.63) is 34.9 Å². The first kappa shape index (κ1) is 19.0. The smallest absolute Gasteiger partial charge is 0.188 e. The van der Waals surface area contributed by atoms with Crippen LogP contribution in [-0.2, 0) is 11.3 Å². The Bertz CT molecular complexity index is 530. The van der Waals surface area contributed by atoms with Crippen molar-refractivity contribution < 1.29 is 4.74 Å². The Hall–Kier alpha value is -1.30. The summed E-state index contributed by atoms with van der Waals surface area (Å²) < 4.78 is 5.08. The van der Waals surface area contributed by atoms with E-state index in [1.165, 1.54) is 5.56 Å². The highest BCUT2D eigenvalue weighted by Crippen LogP contribution is 2.22. The first-order valence-electron chi connectivity index (χ1n) is 8.59. The van der Waals surface area contributed by atoms with E-state index in [9.17, 15) is 0 Å². The lowest BCUT2D eigenvalue weighted by Gasteiger charge is -2.31. The average molecular weight is 353 g/mol. The van der Waals surface area contributed by atoms with E-state index in [4.69, 9.17) is 22.1 Å². The van der Waals surface area contributed by atoms with Crippen LogP contribution in [0.5, 0.6) is 0 Å². The third-order valence-corrected chi connectivity index (χ3v) is 4.76. The minimum absolute atomic E-state index is 0.177. The second-order valence-corrected chi connectivity index (χ2v) is 6.94. The molecule has 1 atom stereocenters. The van der Waals surface area contributed by atoms with E-state index in [0.717, 1.165) is 44.0 Å². The van der Waals surface area contributed by atoms with Crippen LogP contribution in [0.2, 0.25) is 5.02 Å². The molecule has 1 fully saturated rings. The van der Waals surface area contributed by atoms with Crippen molar-refractivity contribution in [1.82, 2.24) is 10.2 Å². The third kappa shape index (κ3) is 6.30. The van der Waals surface area contributed by atoms with Crippen molar-refractivity contribution >= 4 is 17.6 Å². The van der Waals surface area contributed by atoms with E-state index < -0.39 is 0 Å². The summed E-state index contributed by atoms with van der Waals surface area (Å²) in [7, 11) is 1.68. The molecule has 0 aliphatic carbocycles. The van der Waals surface area contributed by atoms with E-state index >= 15 is 0 Å². The Kier molecular flexibility index (Phi) is 7.82. The highest BCUT2D eigenvalue weighted by molar-refractivity contribution is 6.31. The van der Waals surface area contributed by atoms with E-state index in [1.54, 1.807) is 7.11 Å². The van der Waals surface area contributed by atoms with Gasteiger partial charge in [-0.25, -0.2) is 0 Å². The molecule has 1 aromatic rings. The van der Waals surface area contributed by atoms with Gasteiger partial charge in [0.05, 0.1) is 6.61 Å². The molecule has 1 aromatic carbocycles. The standard InChI is InChI=1S/C18H29ClN4O/c1-14(13-24-2)22-18(20)21-11-15-7-9-23(10-8-15)12-16-5-3-4-6-17(16)19/h3-6,14-15H,7-13H2,1-2H3,(H3,20,21,22). The molecular formula is C18H29ClN4O. The van der Waals surface area contributed by atoms with Crippen molar-refractivity contribution in [3.63, 3.8) is 0 Å². The number of methoxy groups -OCH3 is 1. The molecule has 1 saturated heterocycles. The first-order valence-corrected chi connectivity index (χ1v) is 8.97. The highest BCUT2D eigenvalue weighted by Gasteiger charge is 2.19. The predicted molar refractivity (Wildman–Crippen MR) is 100 cm³/mol. The molecule has 1 aliphatic rings. The number of aliphatic imine (C=N–C) groups is 1. The normalized spacial score (nSPS) is 18.5. The van der Waals surface area contributed by atoms with Gasteiger partial charge < -0.3 is 15.8 Å². The molecule has 1 heterocycles. The van der Waals surface area contributed by atoms with Crippen LogP contribution in [0.3, 0.4) is 0 Å². The van der Waals surface area contributed by atoms with E-state index in [0.29, 0.717) is 18.5 Å². The first-order chi connectivity index (χ1) is 11.6. The summed E-state index contributed by atoms with van der Waals surface area (Å²) in [6.07, 6.45) is 2.30. The number of likely N-dealkylation sites (tertiary alicyclic amines) is 1. The highest BCUT2D eigenvalue weighted by atomic mass is 35.5. The summed E-state index contributed by atoms with van der Waals surface area (Å²) >= 11 is 6.25. The van der Waals surface area contributed by atoms with Crippen LogP contribution in [0.25, 0.3) is 0 Å². The van der Waals surface area contributed by atoms with Gasteiger partial charge in [0.1, 0.15) is 0 Å². The predicted octanol–water partition coefficient (Wildman–Crippen LogP) is 2.49. The number of piperidine rings is 1. The third-order valence-electron chi connectivity index (χ3n) is 4.39. The minimum Gasteiger partial charge on any atom is -0.383 e. The van der Waals surface area contributed by atoms with Gasteiger partial charge in [-0.05, 0) is 50.4 Å². The van der Waals surface area contributed by atoms with Gasteiger partial charge >= 0.3 is 0 Å². The molecule has 24 heavy (non-hydrogen) atoms. The maximum absolute atomic E-state index is 6.25. The van der Waals surface area contributed by atoms with Crippen molar-refractivity contribution in [2.75, 3.05) is 33.4 Å². The zero-order chi connectivity index (χ0) is 17.4. The number of guanidine groups is 1. The Labute approximate surface area is 150 Å². The molecule has 3 N–H and O–H groups in total. The number of benzene rings is 1. The van der Waals surface area contributed by atoms with Gasteiger partial charge in [-0.3, -0.25) is 9.89 Å². The maximum atomic E-state index is 6.25. The van der Waals surface area contributed by atoms with E-state index in [1.807, 2.05) is 25.1 Å². The lowest BCUT2D eigenvalue weighted by molar-refractivity contribution is 0.178. The van der Waals surface area contributed by atoms with Crippen LogP contribution >= 0.6 is 11.6 Å². The van der Waals surface area contributed by atoms with Gasteiger partial charge in [-0.2, -0.15) is 0 Å². The Morgan fingerprint density at radius 2 is 2.12 bits per heavy atom. The van der Waals surface area contributed by atoms with Crippen LogP contribution in [-0.4, -0.2) is 50.3 Å². The summed E-state index contributed by atoms with van der Waals surface area (Å²) in [4.78, 5) is 6.94. The number of nitrogens with one attached hydrogen (secondary N) is 1. The molecule has 0 amide bonds. The van der Waals surface area contributed by atoms with Gasteiger partial charge in [0.25, 0.3) is 0 Å². The molecular weight excluding hydrogens is 324 g/mol. The lowest BCUT2D eigenvalue weighted by atomic mass is 9.96. The number of nitrogens with two attached hydrogens (primary N) is 1. The fourth-order valence-electron chi connectivity index (χ4n) is 3.01. The maximum Gasteiger partial charge on any atom is 0.188 e. The van der Waals surface area contributed by atoms with Crippen molar-refractivity contribution in [1.29, 1.82) is 0 Å². The molecule has 1 aliphatic heterocycles. The van der Waals surface area contributed by atoms with Crippen LogP contribution < -0.4 is 11.1 Å². The molecule has 0 radical (unpaired) electrons. The van der Waals surface area contributed by atoms with Crippen LogP contribution in [0, 0.1) is 5.92 Å². The minimum atomic E-state index is 0.177. The number of nitrogens with zero attached hydrogens (tertiary/aromatic N) is 2. The molecule has 1 unspecified atom stereocenters. The van der Waals surface area contributed by atoms with E-state index in [2.05, 4.69) is 21.3 Å². The molecule has 2 rings (SSSR count). The number of halogens is 1. The van der Waals surface area contributed by atoms with Crippen LogP contribution in [0.1, 0.15) is 25.3 Å². The molecule has 134 valence electrons. The molecule has 0 spiro atoms. The van der Waals surface area contributed by atoms with Crippen molar-refractivity contribution in [3.8, 4) is 0 Å². The molecule has 0 bridgehead atoms. The summed E-state index contributed by atoms with van der Waals surface area (Å²) in [5, 5.41) is 4.00. The van der Waals surface area contributed by atoms with Crippen molar-refractivity contribution in [2.45, 2.75) is 32.4 Å². The number of hydrogen-bond acceptors (Lipinski definition) is 3. The second-order valence-electron chi connectivity index (χ2n) is 6.54. The topological polar surface area (TPSA) is 62.9 Å². The monoisotopic (exact) mass is 352 g/mol. The fraction of sp³-hybridized carbons (Fsp3) is 0.611. The van der Waals surface area contributed by atoms with Gasteiger partial charge in [-0.15, -0.1) is 0 Å². The molecule has 0 saturated carbocycles. The molecule has 6 heteroatoms. The SMILES string of the molecule is COCC(C)NC(N)=NCC1CCN(Cc2ccccc2Cl)CC1. The second kappa shape index (κ2) is 9.87. The largest absolute Gasteiger partial charge is 0.383 e. The number of hydrogen-bond donors (Lipinski definition) is 2. The van der Waals surface area contributed by atoms with Gasteiger partial charge in [0.15, 0.2) is 5.96 Å². The van der Waals surface area contributed by atoms with Crippen molar-refractivity contribution in [2.24, 2.45) is 16.6 Å². The zero-order valence-corrected chi connectivity index (χ0v) is 15.4. The Balaban J connectivity index is 1.72. The van der Waals surface area contributed by atoms with Crippen LogP contribution in [0.15, 0.2) is 29.3 Å². The van der Waals surface area contributed by atoms with E-state index in [-0.39, 0.29) is 6.04 Å². The molecule has 0 aromatic heterocycles. The van der Waals surface area contributed by atoms with Gasteiger partial charge in [0, 0.05) is 31.3 Å².